The van der Waals surface area contributed by atoms with Gasteiger partial charge in [-0.1, -0.05) is 79.6 Å². The molecule has 3 aromatic rings. The van der Waals surface area contributed by atoms with E-state index < -0.39 is 45.5 Å². The minimum Gasteiger partial charge on any atom is -0.598 e. The molecule has 8 nitrogen and oxygen atoms in total. The minimum atomic E-state index is -1.46. The summed E-state index contributed by atoms with van der Waals surface area (Å²) in [6.45, 7) is 5.97. The second-order valence-corrected chi connectivity index (χ2v) is 15.2. The van der Waals surface area contributed by atoms with E-state index >= 15 is 4.39 Å². The summed E-state index contributed by atoms with van der Waals surface area (Å²) in [4.78, 5) is 28.2. The number of likely N-dealkylation sites (tertiary alicyclic amines) is 1. The average Bonchev–Trinajstić information content (AvgIpc) is 3.78. The number of amides is 2. The van der Waals surface area contributed by atoms with Gasteiger partial charge in [-0.3, -0.25) is 9.69 Å². The lowest BCUT2D eigenvalue weighted by atomic mass is 9.79. The molecule has 1 heterocycles. The highest BCUT2D eigenvalue weighted by Gasteiger charge is 2.44. The van der Waals surface area contributed by atoms with Gasteiger partial charge in [-0.25, -0.2) is 9.18 Å². The number of anilines is 1. The Labute approximate surface area is 274 Å². The molecule has 2 fully saturated rings. The highest BCUT2D eigenvalue weighted by Crippen LogP contribution is 2.43. The zero-order chi connectivity index (χ0) is 32.9. The van der Waals surface area contributed by atoms with Crippen LogP contribution in [-0.2, 0) is 37.8 Å². The number of nitrogens with zero attached hydrogens (tertiary/aromatic N) is 1. The third kappa shape index (κ3) is 8.09. The van der Waals surface area contributed by atoms with E-state index in [1.165, 1.54) is 18.1 Å². The maximum Gasteiger partial charge on any atom is 0.410 e. The smallest absolute Gasteiger partial charge is 0.410 e. The number of rotatable bonds is 12. The molecule has 2 unspecified atom stereocenters. The number of halogens is 1. The molecule has 10 heteroatoms. The molecule has 1 aliphatic carbocycles. The molecule has 1 saturated heterocycles. The number of carbonyl (C=O) groups is 2. The molecule has 1 saturated carbocycles. The maximum atomic E-state index is 15.5. The fourth-order valence-electron chi connectivity index (χ4n) is 5.81. The van der Waals surface area contributed by atoms with Crippen LogP contribution in [-0.4, -0.2) is 52.0 Å². The molecule has 2 N–H and O–H groups in total. The average molecular weight is 650 g/mol. The summed E-state index contributed by atoms with van der Waals surface area (Å²) in [5, 5.41) is 2.76. The largest absolute Gasteiger partial charge is 0.598 e. The van der Waals surface area contributed by atoms with Crippen molar-refractivity contribution in [3.8, 4) is 0 Å². The molecule has 0 aromatic heterocycles. The Morgan fingerprint density at radius 1 is 1.00 bits per heavy atom. The van der Waals surface area contributed by atoms with Crippen LogP contribution in [0.15, 0.2) is 78.9 Å². The highest BCUT2D eigenvalue weighted by molar-refractivity contribution is 7.90. The molecule has 3 aromatic carbocycles. The lowest BCUT2D eigenvalue weighted by Crippen LogP contribution is -2.52. The van der Waals surface area contributed by atoms with Crippen molar-refractivity contribution in [1.29, 1.82) is 0 Å². The molecule has 5 rings (SSSR count). The van der Waals surface area contributed by atoms with E-state index in [9.17, 15) is 14.1 Å². The van der Waals surface area contributed by atoms with Gasteiger partial charge in [0, 0.05) is 24.9 Å². The van der Waals surface area contributed by atoms with E-state index in [2.05, 4.69) is 10.0 Å². The zero-order valence-corrected chi connectivity index (χ0v) is 27.8. The first-order valence-electron chi connectivity index (χ1n) is 15.9. The van der Waals surface area contributed by atoms with E-state index in [4.69, 9.17) is 9.47 Å². The number of methoxy groups -OCH3 is 1. The fraction of sp³-hybridized carbons (Fsp3) is 0.444. The van der Waals surface area contributed by atoms with E-state index in [1.807, 2.05) is 81.4 Å². The van der Waals surface area contributed by atoms with Crippen molar-refractivity contribution in [1.82, 2.24) is 9.62 Å². The van der Waals surface area contributed by atoms with Crippen molar-refractivity contribution in [2.45, 2.75) is 81.9 Å². The number of benzene rings is 3. The van der Waals surface area contributed by atoms with Gasteiger partial charge in [0.2, 0.25) is 5.91 Å². The maximum absolute atomic E-state index is 15.5. The molecule has 0 bridgehead atoms. The fourth-order valence-corrected chi connectivity index (χ4v) is 6.77. The monoisotopic (exact) mass is 649 g/mol. The standard InChI is InChI=1S/C36H44FN3O5S/c1-35(2,3)46(43)39-36(20-19-25-15-16-25,27-13-9-6-10-14-27)28-17-18-30(37)31(21-28)38-33(41)32-22-29(44-4)23-40(32)34(42)45-24-26-11-7-5-8-12-26/h5-14,17-18,21,25,29,32,39H,15-16,19-20,22-24H2,1-4H3,(H,38,41)/t29-,32-,36?,46?/m1/s1. The van der Waals surface area contributed by atoms with Crippen LogP contribution in [0.2, 0.25) is 0 Å². The van der Waals surface area contributed by atoms with E-state index in [0.717, 1.165) is 30.4 Å². The Morgan fingerprint density at radius 3 is 2.30 bits per heavy atom. The zero-order valence-electron chi connectivity index (χ0n) is 27.0. The van der Waals surface area contributed by atoms with Crippen molar-refractivity contribution in [3.63, 3.8) is 0 Å². The Morgan fingerprint density at radius 2 is 1.67 bits per heavy atom. The molecule has 4 atom stereocenters. The summed E-state index contributed by atoms with van der Waals surface area (Å²) in [5.74, 6) is -0.559. The van der Waals surface area contributed by atoms with Gasteiger partial charge in [-0.15, -0.1) is 4.72 Å². The van der Waals surface area contributed by atoms with Crippen LogP contribution in [0, 0.1) is 11.7 Å². The predicted molar refractivity (Wildman–Crippen MR) is 178 cm³/mol. The summed E-state index contributed by atoms with van der Waals surface area (Å²) in [7, 11) is 1.53. The Kier molecular flexibility index (Phi) is 10.7. The van der Waals surface area contributed by atoms with Gasteiger partial charge in [0.05, 0.1) is 18.3 Å². The third-order valence-corrected chi connectivity index (χ3v) is 10.4. The highest BCUT2D eigenvalue weighted by atomic mass is 32.2. The summed E-state index contributed by atoms with van der Waals surface area (Å²) >= 11 is -1.46. The molecule has 0 spiro atoms. The number of hydrogen-bond acceptors (Lipinski definition) is 6. The van der Waals surface area contributed by atoms with Gasteiger partial charge in [0.1, 0.15) is 28.8 Å². The molecule has 0 radical (unpaired) electrons. The quantitative estimate of drug-likeness (QED) is 0.212. The minimum absolute atomic E-state index is 0.0176. The first kappa shape index (κ1) is 33.9. The molecular weight excluding hydrogens is 605 g/mol. The van der Waals surface area contributed by atoms with Gasteiger partial charge in [0.15, 0.2) is 0 Å². The number of hydrogen-bond donors (Lipinski definition) is 2. The van der Waals surface area contributed by atoms with Gasteiger partial charge >= 0.3 is 6.09 Å². The topological polar surface area (TPSA) is 103 Å². The normalized spacial score (nSPS) is 20.2. The third-order valence-electron chi connectivity index (χ3n) is 8.77. The molecule has 1 aliphatic heterocycles. The molecular formula is C36H44FN3O5S. The second kappa shape index (κ2) is 14.5. The van der Waals surface area contributed by atoms with Crippen molar-refractivity contribution >= 4 is 29.0 Å². The molecule has 2 aliphatic rings. The van der Waals surface area contributed by atoms with Gasteiger partial charge in [-0.2, -0.15) is 0 Å². The van der Waals surface area contributed by atoms with Crippen LogP contribution >= 0.6 is 0 Å². The van der Waals surface area contributed by atoms with Gasteiger partial charge in [0.25, 0.3) is 0 Å². The van der Waals surface area contributed by atoms with Crippen LogP contribution in [0.5, 0.6) is 0 Å². The predicted octanol–water partition coefficient (Wildman–Crippen LogP) is 6.68. The first-order chi connectivity index (χ1) is 22.0. The number of nitrogens with one attached hydrogen (secondary N) is 2. The van der Waals surface area contributed by atoms with Crippen molar-refractivity contribution in [2.75, 3.05) is 19.0 Å². The summed E-state index contributed by atoms with van der Waals surface area (Å²) in [5.41, 5.74) is 1.49. The van der Waals surface area contributed by atoms with Crippen LogP contribution in [0.3, 0.4) is 0 Å². The molecule has 46 heavy (non-hydrogen) atoms. The first-order valence-corrected chi connectivity index (χ1v) is 17.0. The summed E-state index contributed by atoms with van der Waals surface area (Å²) < 4.78 is 43.1. The number of ether oxygens (including phenoxy) is 2. The van der Waals surface area contributed by atoms with Crippen LogP contribution in [0.1, 0.15) is 69.6 Å². The Bertz CT molecular complexity index is 1480. The lowest BCUT2D eigenvalue weighted by Gasteiger charge is -2.39. The molecule has 2 amide bonds. The second-order valence-electron chi connectivity index (χ2n) is 13.2. The summed E-state index contributed by atoms with van der Waals surface area (Å²) in [6.07, 6.45) is 3.09. The number of carbonyl (C=O) groups excluding carboxylic acids is 2. The van der Waals surface area contributed by atoms with Gasteiger partial charge < -0.3 is 19.3 Å². The van der Waals surface area contributed by atoms with Crippen molar-refractivity contribution in [3.05, 3.63) is 101 Å². The van der Waals surface area contributed by atoms with Crippen molar-refractivity contribution in [2.24, 2.45) is 5.92 Å². The summed E-state index contributed by atoms with van der Waals surface area (Å²) in [6, 6.07) is 22.8. The van der Waals surface area contributed by atoms with E-state index in [0.29, 0.717) is 17.9 Å². The van der Waals surface area contributed by atoms with Crippen molar-refractivity contribution < 1.29 is 28.0 Å². The Balaban J connectivity index is 1.43. The van der Waals surface area contributed by atoms with E-state index in [-0.39, 0.29) is 31.4 Å². The lowest BCUT2D eigenvalue weighted by molar-refractivity contribution is -0.120. The van der Waals surface area contributed by atoms with Gasteiger partial charge in [-0.05, 0) is 68.4 Å². The van der Waals surface area contributed by atoms with Crippen LogP contribution < -0.4 is 10.0 Å². The van der Waals surface area contributed by atoms with Crippen LogP contribution in [0.4, 0.5) is 14.9 Å². The molecule has 246 valence electrons. The Hall–Kier alpha value is -3.44. The van der Waals surface area contributed by atoms with E-state index in [1.54, 1.807) is 12.1 Å². The SMILES string of the molecule is CO[C@@H]1C[C@H](C(=O)Nc2cc(C(CCC3CC3)(N[S+]([O-])C(C)(C)C)c3ccccc3)ccc2F)N(C(=O)OCc2ccccc2)C1. The van der Waals surface area contributed by atoms with Crippen LogP contribution in [0.25, 0.3) is 0 Å².